The quantitative estimate of drug-likeness (QED) is 0.789. The largest absolute Gasteiger partial charge is 0.396 e. The lowest BCUT2D eigenvalue weighted by molar-refractivity contribution is 0.0874. The van der Waals surface area contributed by atoms with Gasteiger partial charge in [-0.25, -0.2) is 0 Å². The fourth-order valence-corrected chi connectivity index (χ4v) is 2.29. The van der Waals surface area contributed by atoms with E-state index in [0.717, 1.165) is 31.6 Å². The molecule has 0 bridgehead atoms. The second-order valence-corrected chi connectivity index (χ2v) is 5.21. The van der Waals surface area contributed by atoms with Crippen molar-refractivity contribution >= 4 is 0 Å². The van der Waals surface area contributed by atoms with Crippen molar-refractivity contribution in [2.24, 2.45) is 5.41 Å². The number of aliphatic hydroxyl groups excluding tert-OH is 1. The molecule has 0 saturated heterocycles. The standard InChI is InChI=1S/C14H24N2O/c1-4-8-14(2,12-17)11-16(3)10-13-7-5-6-9-15-13/h5-7,9,17H,4,8,10-12H2,1-3H3. The summed E-state index contributed by atoms with van der Waals surface area (Å²) >= 11 is 0. The van der Waals surface area contributed by atoms with Crippen LogP contribution in [0.2, 0.25) is 0 Å². The second-order valence-electron chi connectivity index (χ2n) is 5.21. The monoisotopic (exact) mass is 236 g/mol. The number of hydrogen-bond donors (Lipinski definition) is 1. The zero-order valence-electron chi connectivity index (χ0n) is 11.2. The average molecular weight is 236 g/mol. The predicted molar refractivity (Wildman–Crippen MR) is 70.7 cm³/mol. The molecule has 0 fully saturated rings. The Morgan fingerprint density at radius 2 is 2.18 bits per heavy atom. The molecule has 17 heavy (non-hydrogen) atoms. The van der Waals surface area contributed by atoms with E-state index in [2.05, 4.69) is 30.8 Å². The van der Waals surface area contributed by atoms with Gasteiger partial charge in [0.2, 0.25) is 0 Å². The van der Waals surface area contributed by atoms with Crippen molar-refractivity contribution < 1.29 is 5.11 Å². The number of pyridine rings is 1. The second kappa shape index (κ2) is 6.72. The summed E-state index contributed by atoms with van der Waals surface area (Å²) in [7, 11) is 2.08. The van der Waals surface area contributed by atoms with Crippen molar-refractivity contribution in [3.63, 3.8) is 0 Å². The van der Waals surface area contributed by atoms with Crippen molar-refractivity contribution in [2.75, 3.05) is 20.2 Å². The Morgan fingerprint density at radius 1 is 1.41 bits per heavy atom. The first kappa shape index (κ1) is 14.1. The van der Waals surface area contributed by atoms with Crippen LogP contribution in [0.25, 0.3) is 0 Å². The first-order valence-electron chi connectivity index (χ1n) is 6.29. The maximum Gasteiger partial charge on any atom is 0.0543 e. The summed E-state index contributed by atoms with van der Waals surface area (Å²) in [5.41, 5.74) is 1.07. The van der Waals surface area contributed by atoms with E-state index in [1.165, 1.54) is 0 Å². The van der Waals surface area contributed by atoms with Gasteiger partial charge in [0.05, 0.1) is 5.69 Å². The van der Waals surface area contributed by atoms with E-state index in [9.17, 15) is 5.11 Å². The van der Waals surface area contributed by atoms with Crippen LogP contribution in [-0.2, 0) is 6.54 Å². The van der Waals surface area contributed by atoms with Crippen LogP contribution in [0, 0.1) is 5.41 Å². The Bertz CT molecular complexity index is 315. The summed E-state index contributed by atoms with van der Waals surface area (Å²) < 4.78 is 0. The lowest BCUT2D eigenvalue weighted by Crippen LogP contribution is -2.36. The van der Waals surface area contributed by atoms with Gasteiger partial charge in [-0.3, -0.25) is 9.88 Å². The van der Waals surface area contributed by atoms with Crippen molar-refractivity contribution in [2.45, 2.75) is 33.2 Å². The molecule has 96 valence electrons. The lowest BCUT2D eigenvalue weighted by Gasteiger charge is -2.31. The van der Waals surface area contributed by atoms with Crippen molar-refractivity contribution in [3.05, 3.63) is 30.1 Å². The van der Waals surface area contributed by atoms with Crippen LogP contribution in [0.4, 0.5) is 0 Å². The van der Waals surface area contributed by atoms with E-state index in [-0.39, 0.29) is 12.0 Å². The highest BCUT2D eigenvalue weighted by Gasteiger charge is 2.24. The molecule has 0 radical (unpaired) electrons. The predicted octanol–water partition coefficient (Wildman–Crippen LogP) is 2.31. The average Bonchev–Trinajstić information content (AvgIpc) is 2.30. The zero-order valence-corrected chi connectivity index (χ0v) is 11.2. The minimum Gasteiger partial charge on any atom is -0.396 e. The fraction of sp³-hybridized carbons (Fsp3) is 0.643. The van der Waals surface area contributed by atoms with Crippen LogP contribution >= 0.6 is 0 Å². The molecular formula is C14H24N2O. The molecule has 0 aromatic carbocycles. The van der Waals surface area contributed by atoms with Gasteiger partial charge in [-0.2, -0.15) is 0 Å². The van der Waals surface area contributed by atoms with Gasteiger partial charge in [0.1, 0.15) is 0 Å². The van der Waals surface area contributed by atoms with Gasteiger partial charge in [0.25, 0.3) is 0 Å². The van der Waals surface area contributed by atoms with Crippen LogP contribution < -0.4 is 0 Å². The molecule has 1 N–H and O–H groups in total. The Kier molecular flexibility index (Phi) is 5.59. The lowest BCUT2D eigenvalue weighted by atomic mass is 9.86. The molecule has 1 heterocycles. The van der Waals surface area contributed by atoms with E-state index in [4.69, 9.17) is 0 Å². The summed E-state index contributed by atoms with van der Waals surface area (Å²) in [5, 5.41) is 9.49. The first-order valence-corrected chi connectivity index (χ1v) is 6.29. The Balaban J connectivity index is 2.51. The molecule has 0 aliphatic rings. The third-order valence-electron chi connectivity index (χ3n) is 3.04. The number of hydrogen-bond acceptors (Lipinski definition) is 3. The van der Waals surface area contributed by atoms with Gasteiger partial charge in [0.15, 0.2) is 0 Å². The van der Waals surface area contributed by atoms with E-state index in [1.54, 1.807) is 0 Å². The van der Waals surface area contributed by atoms with Crippen LogP contribution in [-0.4, -0.2) is 35.2 Å². The Labute approximate surface area is 104 Å². The van der Waals surface area contributed by atoms with Crippen molar-refractivity contribution in [1.82, 2.24) is 9.88 Å². The number of aromatic nitrogens is 1. The molecule has 0 spiro atoms. The number of aliphatic hydroxyl groups is 1. The minimum atomic E-state index is -0.00171. The number of nitrogens with zero attached hydrogens (tertiary/aromatic N) is 2. The Morgan fingerprint density at radius 3 is 2.71 bits per heavy atom. The van der Waals surface area contributed by atoms with Crippen LogP contribution in [0.5, 0.6) is 0 Å². The third kappa shape index (κ3) is 4.84. The highest BCUT2D eigenvalue weighted by Crippen LogP contribution is 2.23. The molecule has 1 aromatic rings. The molecule has 0 amide bonds. The molecule has 0 saturated carbocycles. The van der Waals surface area contributed by atoms with Crippen molar-refractivity contribution in [1.29, 1.82) is 0 Å². The fourth-order valence-electron chi connectivity index (χ4n) is 2.29. The summed E-state index contributed by atoms with van der Waals surface area (Å²) in [6.07, 6.45) is 3.98. The van der Waals surface area contributed by atoms with E-state index >= 15 is 0 Å². The Hall–Kier alpha value is -0.930. The summed E-state index contributed by atoms with van der Waals surface area (Å²) in [6.45, 7) is 6.28. The summed E-state index contributed by atoms with van der Waals surface area (Å²) in [5.74, 6) is 0. The summed E-state index contributed by atoms with van der Waals surface area (Å²) in [6, 6.07) is 5.97. The molecule has 1 rings (SSSR count). The molecule has 1 unspecified atom stereocenters. The normalized spacial score (nSPS) is 14.9. The minimum absolute atomic E-state index is 0.00171. The SMILES string of the molecule is CCCC(C)(CO)CN(C)Cc1ccccn1. The van der Waals surface area contributed by atoms with Gasteiger partial charge < -0.3 is 5.11 Å². The summed E-state index contributed by atoms with van der Waals surface area (Å²) in [4.78, 5) is 6.55. The molecule has 1 atom stereocenters. The maximum atomic E-state index is 9.49. The van der Waals surface area contributed by atoms with Crippen LogP contribution in [0.1, 0.15) is 32.4 Å². The van der Waals surface area contributed by atoms with Gasteiger partial charge >= 0.3 is 0 Å². The molecular weight excluding hydrogens is 212 g/mol. The first-order chi connectivity index (χ1) is 8.09. The molecule has 3 heteroatoms. The van der Waals surface area contributed by atoms with Crippen molar-refractivity contribution in [3.8, 4) is 0 Å². The van der Waals surface area contributed by atoms with Gasteiger partial charge in [0, 0.05) is 31.3 Å². The molecule has 0 aliphatic heterocycles. The smallest absolute Gasteiger partial charge is 0.0543 e. The topological polar surface area (TPSA) is 36.4 Å². The zero-order chi connectivity index (χ0) is 12.7. The van der Waals surface area contributed by atoms with Gasteiger partial charge in [-0.15, -0.1) is 0 Å². The van der Waals surface area contributed by atoms with Crippen LogP contribution in [0.3, 0.4) is 0 Å². The number of rotatable bonds is 7. The van der Waals surface area contributed by atoms with E-state index in [0.29, 0.717) is 0 Å². The molecule has 3 nitrogen and oxygen atoms in total. The highest BCUT2D eigenvalue weighted by atomic mass is 16.3. The van der Waals surface area contributed by atoms with E-state index in [1.807, 2.05) is 24.4 Å². The van der Waals surface area contributed by atoms with E-state index < -0.39 is 0 Å². The van der Waals surface area contributed by atoms with Gasteiger partial charge in [-0.05, 0) is 25.6 Å². The highest BCUT2D eigenvalue weighted by molar-refractivity contribution is 5.03. The third-order valence-corrected chi connectivity index (χ3v) is 3.04. The molecule has 1 aromatic heterocycles. The maximum absolute atomic E-state index is 9.49. The van der Waals surface area contributed by atoms with Crippen LogP contribution in [0.15, 0.2) is 24.4 Å². The van der Waals surface area contributed by atoms with Gasteiger partial charge in [-0.1, -0.05) is 26.3 Å². The molecule has 0 aliphatic carbocycles.